The molecule has 0 saturated heterocycles. The second kappa shape index (κ2) is 5.69. The van der Waals surface area contributed by atoms with E-state index in [2.05, 4.69) is 15.3 Å². The molecule has 2 aromatic rings. The Hall–Kier alpha value is -3.10. The van der Waals surface area contributed by atoms with E-state index in [1.165, 1.54) is 0 Å². The second-order valence-electron chi connectivity index (χ2n) is 3.85. The molecule has 0 spiro atoms. The molecule has 9 heteroatoms. The van der Waals surface area contributed by atoms with Gasteiger partial charge in [-0.05, 0) is 6.07 Å². The predicted octanol–water partition coefficient (Wildman–Crippen LogP) is 1.32. The average molecular weight is 276 g/mol. The van der Waals surface area contributed by atoms with Crippen molar-refractivity contribution in [2.24, 2.45) is 0 Å². The Kier molecular flexibility index (Phi) is 3.80. The smallest absolute Gasteiger partial charge is 0.264 e. The van der Waals surface area contributed by atoms with Gasteiger partial charge in [-0.25, -0.2) is 4.98 Å². The second-order valence-corrected chi connectivity index (χ2v) is 3.85. The molecule has 0 aliphatic carbocycles. The van der Waals surface area contributed by atoms with Crippen LogP contribution in [0.25, 0.3) is 0 Å². The van der Waals surface area contributed by atoms with Crippen molar-refractivity contribution in [1.82, 2.24) is 4.98 Å². The zero-order valence-electron chi connectivity index (χ0n) is 10.1. The van der Waals surface area contributed by atoms with Crippen LogP contribution in [0.2, 0.25) is 0 Å². The van der Waals surface area contributed by atoms with E-state index in [1.807, 2.05) is 0 Å². The summed E-state index contributed by atoms with van der Waals surface area (Å²) in [5, 5.41) is 24.3. The van der Waals surface area contributed by atoms with Crippen LogP contribution in [0.15, 0.2) is 36.8 Å². The van der Waals surface area contributed by atoms with E-state index in [4.69, 9.17) is 0 Å². The van der Waals surface area contributed by atoms with Crippen molar-refractivity contribution in [2.75, 3.05) is 5.32 Å². The van der Waals surface area contributed by atoms with E-state index in [1.54, 1.807) is 24.5 Å². The highest BCUT2D eigenvalue weighted by Gasteiger charge is 2.25. The minimum Gasteiger partial charge on any atom is -0.264 e. The average Bonchev–Trinajstić information content (AvgIpc) is 2.45. The number of aromatic amines is 1. The Bertz CT molecular complexity index is 647. The fourth-order valence-electron chi connectivity index (χ4n) is 1.56. The lowest BCUT2D eigenvalue weighted by atomic mass is 10.3. The fourth-order valence-corrected chi connectivity index (χ4v) is 1.56. The summed E-state index contributed by atoms with van der Waals surface area (Å²) in [6.07, 6.45) is 4.33. The maximum Gasteiger partial charge on any atom is 0.364 e. The molecule has 0 bridgehead atoms. The number of rotatable bonds is 5. The lowest BCUT2D eigenvalue weighted by Crippen LogP contribution is -2.16. The van der Waals surface area contributed by atoms with Crippen LogP contribution in [0.5, 0.6) is 0 Å². The molecule has 0 aliphatic heterocycles. The first-order chi connectivity index (χ1) is 9.58. The third-order valence-corrected chi connectivity index (χ3v) is 2.50. The molecule has 0 atom stereocenters. The van der Waals surface area contributed by atoms with Gasteiger partial charge in [0.15, 0.2) is 6.20 Å². The number of aromatic nitrogens is 2. The van der Waals surface area contributed by atoms with Gasteiger partial charge in [-0.3, -0.25) is 30.5 Å². The molecular formula is C11H10N5O4+. The van der Waals surface area contributed by atoms with Crippen molar-refractivity contribution in [2.45, 2.75) is 6.54 Å². The number of pyridine rings is 2. The van der Waals surface area contributed by atoms with Crippen LogP contribution in [0.1, 0.15) is 5.56 Å². The molecule has 0 fully saturated rings. The Morgan fingerprint density at radius 2 is 2.10 bits per heavy atom. The number of H-pyrrole nitrogens is 1. The summed E-state index contributed by atoms with van der Waals surface area (Å²) in [5.41, 5.74) is 0.0697. The van der Waals surface area contributed by atoms with Gasteiger partial charge in [-0.2, -0.15) is 0 Å². The first kappa shape index (κ1) is 13.3. The molecule has 2 rings (SSSR count). The predicted molar refractivity (Wildman–Crippen MR) is 67.9 cm³/mol. The first-order valence-electron chi connectivity index (χ1n) is 5.55. The van der Waals surface area contributed by atoms with Gasteiger partial charge in [0.25, 0.3) is 0 Å². The van der Waals surface area contributed by atoms with Crippen LogP contribution in [0.4, 0.5) is 17.2 Å². The molecule has 2 aromatic heterocycles. The van der Waals surface area contributed by atoms with Crippen molar-refractivity contribution in [1.29, 1.82) is 0 Å². The molecule has 0 aliphatic rings. The van der Waals surface area contributed by atoms with E-state index < -0.39 is 9.85 Å². The summed E-state index contributed by atoms with van der Waals surface area (Å²) < 4.78 is 0. The van der Waals surface area contributed by atoms with Crippen LogP contribution in [0.3, 0.4) is 0 Å². The lowest BCUT2D eigenvalue weighted by molar-refractivity contribution is -0.430. The van der Waals surface area contributed by atoms with E-state index in [9.17, 15) is 20.2 Å². The third-order valence-electron chi connectivity index (χ3n) is 2.50. The molecule has 20 heavy (non-hydrogen) atoms. The van der Waals surface area contributed by atoms with Gasteiger partial charge >= 0.3 is 17.2 Å². The normalized spacial score (nSPS) is 10.0. The summed E-state index contributed by atoms with van der Waals surface area (Å²) in [7, 11) is 0. The van der Waals surface area contributed by atoms with Crippen molar-refractivity contribution >= 4 is 17.2 Å². The van der Waals surface area contributed by atoms with Crippen molar-refractivity contribution < 1.29 is 14.8 Å². The summed E-state index contributed by atoms with van der Waals surface area (Å²) in [6, 6.07) is 4.45. The molecule has 0 radical (unpaired) electrons. The SMILES string of the molecule is O=[N+]([O-])c1c[nH+]c(NCc2cccnc2)c([N+](=O)[O-])c1. The number of hydrogen-bond acceptors (Lipinski definition) is 6. The van der Waals surface area contributed by atoms with E-state index in [-0.39, 0.29) is 17.2 Å². The van der Waals surface area contributed by atoms with Crippen molar-refractivity contribution in [3.63, 3.8) is 0 Å². The summed E-state index contributed by atoms with van der Waals surface area (Å²) in [5.74, 6) is 0.101. The van der Waals surface area contributed by atoms with Gasteiger partial charge < -0.3 is 0 Å². The van der Waals surface area contributed by atoms with Crippen LogP contribution in [-0.2, 0) is 6.54 Å². The summed E-state index contributed by atoms with van der Waals surface area (Å²) in [6.45, 7) is 0.309. The topological polar surface area (TPSA) is 125 Å². The number of nitrogens with zero attached hydrogens (tertiary/aromatic N) is 3. The monoisotopic (exact) mass is 276 g/mol. The number of nitro groups is 2. The maximum atomic E-state index is 10.9. The van der Waals surface area contributed by atoms with Gasteiger partial charge in [0.05, 0.1) is 9.85 Å². The van der Waals surface area contributed by atoms with E-state index in [0.29, 0.717) is 6.54 Å². The highest BCUT2D eigenvalue weighted by atomic mass is 16.6. The highest BCUT2D eigenvalue weighted by molar-refractivity contribution is 5.55. The van der Waals surface area contributed by atoms with Crippen LogP contribution in [-0.4, -0.2) is 14.8 Å². The zero-order valence-corrected chi connectivity index (χ0v) is 10.1. The number of nitrogens with one attached hydrogen (secondary N) is 2. The van der Waals surface area contributed by atoms with Crippen LogP contribution in [0, 0.1) is 20.2 Å². The van der Waals surface area contributed by atoms with Crippen LogP contribution >= 0.6 is 0 Å². The van der Waals surface area contributed by atoms with Gasteiger partial charge in [-0.15, -0.1) is 0 Å². The van der Waals surface area contributed by atoms with Gasteiger partial charge in [0.2, 0.25) is 0 Å². The largest absolute Gasteiger partial charge is 0.364 e. The Morgan fingerprint density at radius 1 is 1.30 bits per heavy atom. The minimum absolute atomic E-state index is 0.101. The Balaban J connectivity index is 2.23. The summed E-state index contributed by atoms with van der Waals surface area (Å²) >= 11 is 0. The van der Waals surface area contributed by atoms with E-state index >= 15 is 0 Å². The Morgan fingerprint density at radius 3 is 2.70 bits per heavy atom. The van der Waals surface area contributed by atoms with E-state index in [0.717, 1.165) is 17.8 Å². The third kappa shape index (κ3) is 3.02. The Labute approximate surface area is 112 Å². The van der Waals surface area contributed by atoms with Gasteiger partial charge in [-0.1, -0.05) is 6.07 Å². The lowest BCUT2D eigenvalue weighted by Gasteiger charge is -2.00. The molecule has 102 valence electrons. The van der Waals surface area contributed by atoms with Crippen molar-refractivity contribution in [3.05, 3.63) is 62.6 Å². The quantitative estimate of drug-likeness (QED) is 0.648. The number of hydrogen-bond donors (Lipinski definition) is 1. The molecule has 0 amide bonds. The molecular weight excluding hydrogens is 266 g/mol. The number of anilines is 1. The highest BCUT2D eigenvalue weighted by Crippen LogP contribution is 2.23. The standard InChI is InChI=1S/C11H9N5O4/c17-15(18)9-4-10(16(19)20)11(14-7-9)13-6-8-2-1-3-12-5-8/h1-5,7H,6H2,(H,13,14)/p+1. The molecule has 0 unspecified atom stereocenters. The minimum atomic E-state index is -0.700. The maximum absolute atomic E-state index is 10.9. The van der Waals surface area contributed by atoms with Crippen LogP contribution < -0.4 is 10.3 Å². The molecule has 2 N–H and O–H groups in total. The molecule has 0 aromatic carbocycles. The zero-order chi connectivity index (χ0) is 14.5. The van der Waals surface area contributed by atoms with Gasteiger partial charge in [0, 0.05) is 18.0 Å². The molecule has 2 heterocycles. The van der Waals surface area contributed by atoms with Crippen molar-refractivity contribution in [3.8, 4) is 0 Å². The fraction of sp³-hybridized carbons (Fsp3) is 0.0909. The molecule has 9 nitrogen and oxygen atoms in total. The van der Waals surface area contributed by atoms with Gasteiger partial charge in [0.1, 0.15) is 12.6 Å². The summed E-state index contributed by atoms with van der Waals surface area (Å²) in [4.78, 5) is 26.6. The first-order valence-corrected chi connectivity index (χ1v) is 5.55. The molecule has 0 saturated carbocycles.